The summed E-state index contributed by atoms with van der Waals surface area (Å²) in [5.41, 5.74) is 6.58. The summed E-state index contributed by atoms with van der Waals surface area (Å²) in [6.07, 6.45) is 0.651. The van der Waals surface area contributed by atoms with Gasteiger partial charge in [-0.2, -0.15) is 4.37 Å². The molecule has 5 heteroatoms. The van der Waals surface area contributed by atoms with Gasteiger partial charge in [0.05, 0.1) is 7.11 Å². The van der Waals surface area contributed by atoms with Crippen LogP contribution in [0.1, 0.15) is 11.4 Å². The molecule has 0 amide bonds. The molecule has 0 unspecified atom stereocenters. The number of para-hydroxylation sites is 1. The van der Waals surface area contributed by atoms with Gasteiger partial charge in [-0.3, -0.25) is 0 Å². The minimum absolute atomic E-state index is 0.500. The van der Waals surface area contributed by atoms with Crippen molar-refractivity contribution < 1.29 is 4.74 Å². The molecule has 0 aliphatic carbocycles. The molecule has 0 aliphatic rings. The first-order valence-electron chi connectivity index (χ1n) is 4.49. The average Bonchev–Trinajstić information content (AvgIpc) is 2.65. The Morgan fingerprint density at radius 1 is 1.40 bits per heavy atom. The molecule has 15 heavy (non-hydrogen) atoms. The first-order chi connectivity index (χ1) is 7.29. The first-order valence-corrected chi connectivity index (χ1v) is 5.27. The first kappa shape index (κ1) is 9.92. The quantitative estimate of drug-likeness (QED) is 0.857. The van der Waals surface area contributed by atoms with Gasteiger partial charge in [-0.15, -0.1) is 0 Å². The molecule has 0 bridgehead atoms. The van der Waals surface area contributed by atoms with E-state index in [1.807, 2.05) is 24.3 Å². The Hall–Kier alpha value is -1.62. The second kappa shape index (κ2) is 4.27. The minimum Gasteiger partial charge on any atom is -0.496 e. The number of nitrogen functional groups attached to an aromatic ring is 1. The highest BCUT2D eigenvalue weighted by atomic mass is 32.1. The second-order valence-corrected chi connectivity index (χ2v) is 3.82. The lowest BCUT2D eigenvalue weighted by molar-refractivity contribution is 0.410. The lowest BCUT2D eigenvalue weighted by atomic mass is 10.1. The van der Waals surface area contributed by atoms with Crippen molar-refractivity contribution in [2.24, 2.45) is 0 Å². The Labute approximate surface area is 91.9 Å². The Bertz CT molecular complexity index is 455. The van der Waals surface area contributed by atoms with Gasteiger partial charge in [0.25, 0.3) is 0 Å². The van der Waals surface area contributed by atoms with E-state index in [9.17, 15) is 0 Å². The monoisotopic (exact) mass is 221 g/mol. The normalized spacial score (nSPS) is 10.2. The molecule has 2 rings (SSSR count). The van der Waals surface area contributed by atoms with Crippen LogP contribution in [0.4, 0.5) is 5.13 Å². The summed E-state index contributed by atoms with van der Waals surface area (Å²) >= 11 is 1.21. The van der Waals surface area contributed by atoms with Crippen LogP contribution in [-0.4, -0.2) is 16.5 Å². The number of benzene rings is 1. The number of nitrogens with zero attached hydrogens (tertiary/aromatic N) is 2. The van der Waals surface area contributed by atoms with Crippen LogP contribution < -0.4 is 10.5 Å². The number of rotatable bonds is 3. The van der Waals surface area contributed by atoms with Gasteiger partial charge < -0.3 is 10.5 Å². The fraction of sp³-hybridized carbons (Fsp3) is 0.200. The summed E-state index contributed by atoms with van der Waals surface area (Å²) in [4.78, 5) is 4.11. The largest absolute Gasteiger partial charge is 0.496 e. The zero-order valence-corrected chi connectivity index (χ0v) is 9.12. The van der Waals surface area contributed by atoms with Crippen molar-refractivity contribution in [1.82, 2.24) is 9.36 Å². The maximum absolute atomic E-state index is 5.52. The van der Waals surface area contributed by atoms with Gasteiger partial charge in [0.1, 0.15) is 11.6 Å². The third kappa shape index (κ3) is 2.24. The molecule has 2 aromatic rings. The van der Waals surface area contributed by atoms with E-state index in [1.54, 1.807) is 7.11 Å². The topological polar surface area (TPSA) is 61.0 Å². The van der Waals surface area contributed by atoms with E-state index < -0.39 is 0 Å². The number of nitrogens with two attached hydrogens (primary N) is 1. The Balaban J connectivity index is 2.23. The van der Waals surface area contributed by atoms with Gasteiger partial charge in [-0.1, -0.05) is 18.2 Å². The molecule has 2 N–H and O–H groups in total. The highest BCUT2D eigenvalue weighted by Crippen LogP contribution is 2.20. The zero-order chi connectivity index (χ0) is 10.7. The number of anilines is 1. The number of methoxy groups -OCH3 is 1. The zero-order valence-electron chi connectivity index (χ0n) is 8.30. The Morgan fingerprint density at radius 3 is 2.87 bits per heavy atom. The van der Waals surface area contributed by atoms with Crippen molar-refractivity contribution in [2.75, 3.05) is 12.8 Å². The fourth-order valence-electron chi connectivity index (χ4n) is 1.36. The molecule has 0 atom stereocenters. The SMILES string of the molecule is COc1ccccc1Cc1nsc(N)n1. The van der Waals surface area contributed by atoms with Gasteiger partial charge in [0.15, 0.2) is 5.13 Å². The second-order valence-electron chi connectivity index (χ2n) is 3.04. The van der Waals surface area contributed by atoms with E-state index >= 15 is 0 Å². The molecule has 0 radical (unpaired) electrons. The predicted octanol–water partition coefficient (Wildman–Crippen LogP) is 1.72. The third-order valence-electron chi connectivity index (χ3n) is 2.02. The average molecular weight is 221 g/mol. The van der Waals surface area contributed by atoms with Crippen LogP contribution in [0, 0.1) is 0 Å². The summed E-state index contributed by atoms with van der Waals surface area (Å²) < 4.78 is 9.38. The van der Waals surface area contributed by atoms with Gasteiger partial charge in [0, 0.05) is 23.5 Å². The van der Waals surface area contributed by atoms with Gasteiger partial charge >= 0.3 is 0 Å². The van der Waals surface area contributed by atoms with E-state index in [0.717, 1.165) is 17.1 Å². The molecule has 0 saturated heterocycles. The number of hydrogen-bond acceptors (Lipinski definition) is 5. The number of ether oxygens (including phenoxy) is 1. The molecular weight excluding hydrogens is 210 g/mol. The van der Waals surface area contributed by atoms with Gasteiger partial charge in [-0.25, -0.2) is 4.98 Å². The van der Waals surface area contributed by atoms with Crippen LogP contribution in [0.3, 0.4) is 0 Å². The summed E-state index contributed by atoms with van der Waals surface area (Å²) in [7, 11) is 1.65. The molecular formula is C10H11N3OS. The molecule has 0 saturated carbocycles. The van der Waals surface area contributed by atoms with Crippen molar-refractivity contribution in [1.29, 1.82) is 0 Å². The van der Waals surface area contributed by atoms with E-state index in [0.29, 0.717) is 11.6 Å². The summed E-state index contributed by atoms with van der Waals surface area (Å²) in [5.74, 6) is 1.59. The molecule has 1 heterocycles. The van der Waals surface area contributed by atoms with Crippen LogP contribution in [0.2, 0.25) is 0 Å². The van der Waals surface area contributed by atoms with Crippen LogP contribution >= 0.6 is 11.5 Å². The molecule has 0 fully saturated rings. The standard InChI is InChI=1S/C10H11N3OS/c1-14-8-5-3-2-4-7(8)6-9-12-10(11)15-13-9/h2-5H,6H2,1H3,(H2,11,12,13). The third-order valence-corrected chi connectivity index (χ3v) is 2.61. The smallest absolute Gasteiger partial charge is 0.199 e. The highest BCUT2D eigenvalue weighted by Gasteiger charge is 2.06. The van der Waals surface area contributed by atoms with Crippen LogP contribution in [0.5, 0.6) is 5.75 Å². The maximum Gasteiger partial charge on any atom is 0.199 e. The lowest BCUT2D eigenvalue weighted by Gasteiger charge is -2.05. The van der Waals surface area contributed by atoms with Crippen molar-refractivity contribution in [2.45, 2.75) is 6.42 Å². The van der Waals surface area contributed by atoms with Crippen LogP contribution in [0.15, 0.2) is 24.3 Å². The van der Waals surface area contributed by atoms with E-state index in [1.165, 1.54) is 11.5 Å². The Kier molecular flexibility index (Phi) is 2.82. The van der Waals surface area contributed by atoms with E-state index in [2.05, 4.69) is 9.36 Å². The highest BCUT2D eigenvalue weighted by molar-refractivity contribution is 7.09. The molecule has 1 aromatic carbocycles. The lowest BCUT2D eigenvalue weighted by Crippen LogP contribution is -1.95. The number of hydrogen-bond donors (Lipinski definition) is 1. The predicted molar refractivity (Wildman–Crippen MR) is 60.1 cm³/mol. The van der Waals surface area contributed by atoms with Crippen molar-refractivity contribution in [3.05, 3.63) is 35.7 Å². The molecule has 1 aromatic heterocycles. The Morgan fingerprint density at radius 2 is 2.20 bits per heavy atom. The summed E-state index contributed by atoms with van der Waals surface area (Å²) in [5, 5.41) is 0.500. The maximum atomic E-state index is 5.52. The minimum atomic E-state index is 0.500. The molecule has 0 aliphatic heterocycles. The van der Waals surface area contributed by atoms with E-state index in [-0.39, 0.29) is 0 Å². The van der Waals surface area contributed by atoms with Crippen molar-refractivity contribution >= 4 is 16.7 Å². The van der Waals surface area contributed by atoms with Crippen LogP contribution in [0.25, 0.3) is 0 Å². The van der Waals surface area contributed by atoms with Gasteiger partial charge in [-0.05, 0) is 6.07 Å². The number of aromatic nitrogens is 2. The molecule has 78 valence electrons. The fourth-order valence-corrected chi connectivity index (χ4v) is 1.81. The van der Waals surface area contributed by atoms with Crippen LogP contribution in [-0.2, 0) is 6.42 Å². The summed E-state index contributed by atoms with van der Waals surface area (Å²) in [6, 6.07) is 7.82. The van der Waals surface area contributed by atoms with Crippen molar-refractivity contribution in [3.63, 3.8) is 0 Å². The van der Waals surface area contributed by atoms with Crippen molar-refractivity contribution in [3.8, 4) is 5.75 Å². The molecule has 4 nitrogen and oxygen atoms in total. The molecule has 0 spiro atoms. The summed E-state index contributed by atoms with van der Waals surface area (Å²) in [6.45, 7) is 0. The van der Waals surface area contributed by atoms with Gasteiger partial charge in [0.2, 0.25) is 0 Å². The van der Waals surface area contributed by atoms with E-state index in [4.69, 9.17) is 10.5 Å².